The molecule has 1 aromatic carbocycles. The molecule has 27 heavy (non-hydrogen) atoms. The molecule has 0 bridgehead atoms. The van der Waals surface area contributed by atoms with Gasteiger partial charge in [-0.15, -0.1) is 16.4 Å². The summed E-state index contributed by atoms with van der Waals surface area (Å²) in [7, 11) is 0. The summed E-state index contributed by atoms with van der Waals surface area (Å²) in [5, 5.41) is 25.9. The van der Waals surface area contributed by atoms with Gasteiger partial charge in [0.1, 0.15) is 5.75 Å². The Morgan fingerprint density at radius 3 is 2.89 bits per heavy atom. The second-order valence-corrected chi connectivity index (χ2v) is 8.39. The van der Waals surface area contributed by atoms with Gasteiger partial charge >= 0.3 is 0 Å². The molecule has 0 unspecified atom stereocenters. The molecule has 2 heterocycles. The fourth-order valence-corrected chi connectivity index (χ4v) is 4.12. The highest BCUT2D eigenvalue weighted by molar-refractivity contribution is 9.11. The summed E-state index contributed by atoms with van der Waals surface area (Å²) in [5.41, 5.74) is 3.47. The lowest BCUT2D eigenvalue weighted by molar-refractivity contribution is -0.113. The highest BCUT2D eigenvalue weighted by atomic mass is 79.9. The number of benzene rings is 1. The van der Waals surface area contributed by atoms with Crippen molar-refractivity contribution in [2.45, 2.75) is 5.16 Å². The van der Waals surface area contributed by atoms with Gasteiger partial charge in [-0.2, -0.15) is 10.1 Å². The van der Waals surface area contributed by atoms with Crippen molar-refractivity contribution in [1.29, 1.82) is 0 Å². The number of nitrogens with zero attached hydrogens (tertiary/aromatic N) is 4. The Morgan fingerprint density at radius 1 is 1.41 bits per heavy atom. The van der Waals surface area contributed by atoms with Gasteiger partial charge in [-0.3, -0.25) is 4.79 Å². The number of hydrogen-bond donors (Lipinski definition) is 4. The average molecular weight is 533 g/mol. The second-order valence-electron chi connectivity index (χ2n) is 4.84. The third kappa shape index (κ3) is 5.76. The topological polar surface area (TPSA) is 128 Å². The van der Waals surface area contributed by atoms with Gasteiger partial charge in [0.2, 0.25) is 17.0 Å². The highest BCUT2D eigenvalue weighted by Crippen LogP contribution is 2.32. The van der Waals surface area contributed by atoms with Gasteiger partial charge in [-0.1, -0.05) is 11.8 Å². The smallest absolute Gasteiger partial charge is 0.240 e. The minimum Gasteiger partial charge on any atom is -0.506 e. The van der Waals surface area contributed by atoms with Crippen molar-refractivity contribution >= 4 is 78.2 Å². The third-order valence-corrected chi connectivity index (χ3v) is 5.64. The van der Waals surface area contributed by atoms with E-state index in [-0.39, 0.29) is 17.4 Å². The lowest BCUT2D eigenvalue weighted by atomic mass is 10.2. The maximum absolute atomic E-state index is 11.8. The van der Waals surface area contributed by atoms with E-state index in [9.17, 15) is 9.90 Å². The Kier molecular flexibility index (Phi) is 6.82. The van der Waals surface area contributed by atoms with E-state index in [2.05, 4.69) is 67.9 Å². The van der Waals surface area contributed by atoms with Crippen LogP contribution in [0.5, 0.6) is 5.75 Å². The van der Waals surface area contributed by atoms with Crippen molar-refractivity contribution in [2.75, 3.05) is 16.5 Å². The summed E-state index contributed by atoms with van der Waals surface area (Å²) >= 11 is 9.05. The normalized spacial score (nSPS) is 11.0. The molecular weight excluding hydrogens is 522 g/mol. The van der Waals surface area contributed by atoms with E-state index in [0.29, 0.717) is 25.2 Å². The molecule has 0 atom stereocenters. The number of phenols is 1. The number of hydrazone groups is 1. The number of carbonyl (C=O) groups is 1. The van der Waals surface area contributed by atoms with E-state index in [1.807, 2.05) is 0 Å². The first-order valence-corrected chi connectivity index (χ1v) is 10.7. The number of anilines is 2. The van der Waals surface area contributed by atoms with Crippen molar-refractivity contribution in [3.05, 3.63) is 38.2 Å². The number of aromatic nitrogens is 4. The second kappa shape index (κ2) is 9.30. The van der Waals surface area contributed by atoms with Crippen LogP contribution < -0.4 is 10.7 Å². The van der Waals surface area contributed by atoms with Gasteiger partial charge in [0.25, 0.3) is 0 Å². The summed E-state index contributed by atoms with van der Waals surface area (Å²) in [4.78, 5) is 20.0. The lowest BCUT2D eigenvalue weighted by Gasteiger charge is -2.01. The zero-order valence-corrected chi connectivity index (χ0v) is 18.1. The molecule has 0 radical (unpaired) electrons. The fourth-order valence-electron chi connectivity index (χ4n) is 1.76. The molecule has 4 N–H and O–H groups in total. The number of thioether (sulfide) groups is 1. The number of halogens is 2. The zero-order chi connectivity index (χ0) is 19.2. The molecule has 0 spiro atoms. The Bertz CT molecular complexity index is 939. The van der Waals surface area contributed by atoms with Gasteiger partial charge in [0.15, 0.2) is 5.13 Å². The maximum Gasteiger partial charge on any atom is 0.240 e. The van der Waals surface area contributed by atoms with Crippen LogP contribution in [0.2, 0.25) is 0 Å². The van der Waals surface area contributed by atoms with E-state index in [0.717, 1.165) is 5.56 Å². The maximum atomic E-state index is 11.8. The van der Waals surface area contributed by atoms with Crippen LogP contribution in [0.25, 0.3) is 0 Å². The molecule has 9 nitrogen and oxygen atoms in total. The Morgan fingerprint density at radius 2 is 2.19 bits per heavy atom. The predicted octanol–water partition coefficient (Wildman–Crippen LogP) is 3.67. The van der Waals surface area contributed by atoms with Crippen molar-refractivity contribution < 1.29 is 9.90 Å². The summed E-state index contributed by atoms with van der Waals surface area (Å²) in [6, 6.07) is 3.43. The quantitative estimate of drug-likeness (QED) is 0.207. The van der Waals surface area contributed by atoms with Gasteiger partial charge in [-0.05, 0) is 49.6 Å². The number of phenolic OH excluding ortho intramolecular Hbond substituents is 1. The number of nitrogens with one attached hydrogen (secondary N) is 3. The van der Waals surface area contributed by atoms with Crippen LogP contribution in [-0.4, -0.2) is 43.1 Å². The number of amides is 1. The fraction of sp³-hybridized carbons (Fsp3) is 0.0714. The Hall–Kier alpha value is -1.96. The number of hydrogen-bond acceptors (Lipinski definition) is 9. The van der Waals surface area contributed by atoms with E-state index in [1.54, 1.807) is 29.9 Å². The van der Waals surface area contributed by atoms with Gasteiger partial charge in [0.05, 0.1) is 20.9 Å². The van der Waals surface area contributed by atoms with Gasteiger partial charge < -0.3 is 10.4 Å². The molecule has 3 rings (SSSR count). The SMILES string of the molecule is O=C(CSc1n[nH]c(N/N=C\c2cc(Br)c(O)c(Br)c2)n1)Nc1nccs1. The van der Waals surface area contributed by atoms with E-state index < -0.39 is 0 Å². The van der Waals surface area contributed by atoms with Crippen LogP contribution in [0.1, 0.15) is 5.56 Å². The first-order valence-electron chi connectivity index (χ1n) is 7.23. The number of carbonyl (C=O) groups excluding carboxylic acids is 1. The molecule has 0 aliphatic heterocycles. The highest BCUT2D eigenvalue weighted by Gasteiger charge is 2.09. The van der Waals surface area contributed by atoms with Crippen LogP contribution in [0.15, 0.2) is 42.9 Å². The number of thiazole rings is 1. The first kappa shape index (κ1) is 19.8. The molecule has 0 fully saturated rings. The molecule has 2 aromatic heterocycles. The van der Waals surface area contributed by atoms with Gasteiger partial charge in [-0.25, -0.2) is 15.5 Å². The number of rotatable bonds is 7. The monoisotopic (exact) mass is 531 g/mol. The van der Waals surface area contributed by atoms with Crippen LogP contribution in [0.4, 0.5) is 11.1 Å². The number of aromatic amines is 1. The molecule has 0 aliphatic carbocycles. The van der Waals surface area contributed by atoms with Crippen molar-refractivity contribution in [2.24, 2.45) is 5.10 Å². The van der Waals surface area contributed by atoms with Crippen LogP contribution in [-0.2, 0) is 4.79 Å². The van der Waals surface area contributed by atoms with Crippen LogP contribution in [0, 0.1) is 0 Å². The molecule has 140 valence electrons. The minimum atomic E-state index is -0.184. The van der Waals surface area contributed by atoms with Gasteiger partial charge in [0, 0.05) is 11.6 Å². The molecule has 3 aromatic rings. The van der Waals surface area contributed by atoms with E-state index in [1.165, 1.54) is 23.1 Å². The van der Waals surface area contributed by atoms with Crippen molar-refractivity contribution in [3.63, 3.8) is 0 Å². The summed E-state index contributed by atoms with van der Waals surface area (Å²) < 4.78 is 1.10. The lowest BCUT2D eigenvalue weighted by Crippen LogP contribution is -2.13. The Labute approximate surface area is 178 Å². The van der Waals surface area contributed by atoms with Crippen LogP contribution in [0.3, 0.4) is 0 Å². The average Bonchev–Trinajstić information content (AvgIpc) is 3.30. The van der Waals surface area contributed by atoms with Crippen molar-refractivity contribution in [1.82, 2.24) is 20.2 Å². The molecule has 0 saturated carbocycles. The van der Waals surface area contributed by atoms with E-state index in [4.69, 9.17) is 0 Å². The Balaban J connectivity index is 1.50. The molecule has 1 amide bonds. The van der Waals surface area contributed by atoms with Crippen LogP contribution >= 0.6 is 55.0 Å². The number of aromatic hydroxyl groups is 1. The first-order chi connectivity index (χ1) is 13.0. The summed E-state index contributed by atoms with van der Waals surface area (Å²) in [5.74, 6) is 0.438. The summed E-state index contributed by atoms with van der Waals surface area (Å²) in [6.07, 6.45) is 3.18. The standard InChI is InChI=1S/C14H11Br2N7O2S2/c15-8-3-7(4-9(16)11(8)25)5-18-21-12-20-14(23-22-12)27-6-10(24)19-13-17-1-2-26-13/h1-5,25H,6H2,(H,17,19,24)(H2,20,21,22,23)/b18-5-. The predicted molar refractivity (Wildman–Crippen MR) is 113 cm³/mol. The van der Waals surface area contributed by atoms with Crippen molar-refractivity contribution in [3.8, 4) is 5.75 Å². The molecule has 0 aliphatic rings. The summed E-state index contributed by atoms with van der Waals surface area (Å²) in [6.45, 7) is 0. The molecule has 13 heteroatoms. The zero-order valence-electron chi connectivity index (χ0n) is 13.3. The largest absolute Gasteiger partial charge is 0.506 e. The molecular formula is C14H11Br2N7O2S2. The third-order valence-electron chi connectivity index (χ3n) is 2.90. The van der Waals surface area contributed by atoms with E-state index >= 15 is 0 Å². The molecule has 0 saturated heterocycles. The minimum absolute atomic E-state index is 0.121. The number of H-pyrrole nitrogens is 1.